The maximum absolute atomic E-state index is 12.0. The number of hydrogen-bond acceptors (Lipinski definition) is 5. The van der Waals surface area contributed by atoms with Crippen molar-refractivity contribution in [1.29, 1.82) is 0 Å². The van der Waals surface area contributed by atoms with Crippen LogP contribution in [0.2, 0.25) is 0 Å². The molecule has 2 rings (SSSR count). The summed E-state index contributed by atoms with van der Waals surface area (Å²) in [5.74, 6) is -0.0675. The van der Waals surface area contributed by atoms with Gasteiger partial charge in [0.05, 0.1) is 45.1 Å². The number of carbonyl (C=O) groups is 1. The first-order valence-electron chi connectivity index (χ1n) is 6.59. The second-order valence-electron chi connectivity index (χ2n) is 4.62. The molecule has 2 aliphatic heterocycles. The summed E-state index contributed by atoms with van der Waals surface area (Å²) in [6.07, 6.45) is -0.0254. The predicted octanol–water partition coefficient (Wildman–Crippen LogP) is -0.857. The number of ether oxygens (including phenoxy) is 3. The first-order valence-corrected chi connectivity index (χ1v) is 6.59. The van der Waals surface area contributed by atoms with Gasteiger partial charge in [0, 0.05) is 12.6 Å². The molecule has 2 heterocycles. The van der Waals surface area contributed by atoms with E-state index in [9.17, 15) is 4.79 Å². The number of rotatable bonds is 5. The highest BCUT2D eigenvalue weighted by molar-refractivity contribution is 5.79. The molecule has 104 valence electrons. The summed E-state index contributed by atoms with van der Waals surface area (Å²) in [7, 11) is 0. The molecule has 1 amide bonds. The third-order valence-electron chi connectivity index (χ3n) is 3.27. The van der Waals surface area contributed by atoms with Gasteiger partial charge in [0.1, 0.15) is 0 Å². The van der Waals surface area contributed by atoms with Crippen LogP contribution in [0, 0.1) is 5.92 Å². The fraction of sp³-hybridized carbons (Fsp3) is 0.917. The molecule has 6 nitrogen and oxygen atoms in total. The van der Waals surface area contributed by atoms with Crippen LogP contribution < -0.4 is 10.6 Å². The average molecular weight is 258 g/mol. The van der Waals surface area contributed by atoms with Crippen LogP contribution in [0.25, 0.3) is 0 Å². The third kappa shape index (κ3) is 3.65. The van der Waals surface area contributed by atoms with Crippen molar-refractivity contribution in [1.82, 2.24) is 10.6 Å². The van der Waals surface area contributed by atoms with Gasteiger partial charge in [-0.3, -0.25) is 4.79 Å². The molecule has 0 spiro atoms. The zero-order chi connectivity index (χ0) is 12.8. The molecule has 2 aliphatic rings. The van der Waals surface area contributed by atoms with E-state index in [0.29, 0.717) is 39.6 Å². The maximum atomic E-state index is 12.0. The Hall–Kier alpha value is -0.690. The molecule has 18 heavy (non-hydrogen) atoms. The number of likely N-dealkylation sites (N-methyl/N-ethyl adjacent to an activating group) is 1. The molecule has 0 radical (unpaired) electrons. The van der Waals surface area contributed by atoms with Crippen molar-refractivity contribution in [3.63, 3.8) is 0 Å². The molecule has 0 bridgehead atoms. The van der Waals surface area contributed by atoms with Crippen molar-refractivity contribution in [2.24, 2.45) is 5.92 Å². The van der Waals surface area contributed by atoms with E-state index in [1.807, 2.05) is 6.92 Å². The lowest BCUT2D eigenvalue weighted by molar-refractivity contribution is -0.128. The third-order valence-corrected chi connectivity index (χ3v) is 3.27. The molecular weight excluding hydrogens is 236 g/mol. The van der Waals surface area contributed by atoms with Gasteiger partial charge in [0.25, 0.3) is 0 Å². The van der Waals surface area contributed by atoms with Gasteiger partial charge in [-0.2, -0.15) is 0 Å². The minimum absolute atomic E-state index is 0.0254. The van der Waals surface area contributed by atoms with Crippen LogP contribution in [0.4, 0.5) is 0 Å². The Morgan fingerprint density at radius 1 is 1.22 bits per heavy atom. The number of amides is 1. The summed E-state index contributed by atoms with van der Waals surface area (Å²) in [5, 5.41) is 6.19. The Morgan fingerprint density at radius 3 is 2.83 bits per heavy atom. The van der Waals surface area contributed by atoms with Crippen molar-refractivity contribution in [2.75, 3.05) is 46.1 Å². The molecule has 0 aliphatic carbocycles. The summed E-state index contributed by atoms with van der Waals surface area (Å²) < 4.78 is 16.1. The molecule has 3 atom stereocenters. The number of carbonyl (C=O) groups excluding carboxylic acids is 1. The fourth-order valence-corrected chi connectivity index (χ4v) is 2.28. The Bertz CT molecular complexity index is 269. The molecule has 0 aromatic carbocycles. The van der Waals surface area contributed by atoms with Crippen LogP contribution in [-0.4, -0.2) is 64.2 Å². The highest BCUT2D eigenvalue weighted by atomic mass is 16.6. The lowest BCUT2D eigenvalue weighted by Crippen LogP contribution is -2.47. The predicted molar refractivity (Wildman–Crippen MR) is 65.3 cm³/mol. The van der Waals surface area contributed by atoms with Crippen molar-refractivity contribution >= 4 is 5.91 Å². The Balaban J connectivity index is 1.73. The summed E-state index contributed by atoms with van der Waals surface area (Å²) in [5.41, 5.74) is 0. The number of nitrogens with one attached hydrogen (secondary N) is 2. The minimum atomic E-state index is -0.102. The van der Waals surface area contributed by atoms with Gasteiger partial charge in [-0.15, -0.1) is 0 Å². The standard InChI is InChI=1S/C12H22N2O4/c1-2-13-11-8-17-7-10(11)12(15)14-5-9-6-16-3-4-18-9/h9-11,13H,2-8H2,1H3,(H,14,15). The van der Waals surface area contributed by atoms with Gasteiger partial charge in [0.15, 0.2) is 0 Å². The smallest absolute Gasteiger partial charge is 0.227 e. The second kappa shape index (κ2) is 7.04. The quantitative estimate of drug-likeness (QED) is 0.672. The summed E-state index contributed by atoms with van der Waals surface area (Å²) in [6.45, 7) is 6.28. The fourth-order valence-electron chi connectivity index (χ4n) is 2.28. The Morgan fingerprint density at radius 2 is 2.11 bits per heavy atom. The zero-order valence-electron chi connectivity index (χ0n) is 10.8. The van der Waals surface area contributed by atoms with Crippen LogP contribution in [0.1, 0.15) is 6.92 Å². The van der Waals surface area contributed by atoms with E-state index in [0.717, 1.165) is 6.54 Å². The van der Waals surface area contributed by atoms with Crippen molar-refractivity contribution < 1.29 is 19.0 Å². The van der Waals surface area contributed by atoms with Gasteiger partial charge < -0.3 is 24.8 Å². The zero-order valence-corrected chi connectivity index (χ0v) is 10.8. The molecule has 0 aromatic rings. The molecule has 6 heteroatoms. The topological polar surface area (TPSA) is 68.8 Å². The lowest BCUT2D eigenvalue weighted by Gasteiger charge is -2.24. The molecule has 0 aromatic heterocycles. The maximum Gasteiger partial charge on any atom is 0.227 e. The highest BCUT2D eigenvalue weighted by Gasteiger charge is 2.33. The van der Waals surface area contributed by atoms with E-state index >= 15 is 0 Å². The first-order chi connectivity index (χ1) is 8.81. The van der Waals surface area contributed by atoms with E-state index in [1.54, 1.807) is 0 Å². The SMILES string of the molecule is CCNC1COCC1C(=O)NCC1COCCO1. The summed E-state index contributed by atoms with van der Waals surface area (Å²) in [4.78, 5) is 12.0. The number of hydrogen-bond donors (Lipinski definition) is 2. The van der Waals surface area contributed by atoms with Gasteiger partial charge in [-0.1, -0.05) is 6.92 Å². The van der Waals surface area contributed by atoms with Gasteiger partial charge in [0.2, 0.25) is 5.91 Å². The van der Waals surface area contributed by atoms with E-state index in [4.69, 9.17) is 14.2 Å². The minimum Gasteiger partial charge on any atom is -0.379 e. The molecule has 0 saturated carbocycles. The van der Waals surface area contributed by atoms with Crippen LogP contribution >= 0.6 is 0 Å². The Kier molecular flexibility index (Phi) is 5.37. The monoisotopic (exact) mass is 258 g/mol. The normalized spacial score (nSPS) is 32.4. The molecule has 2 saturated heterocycles. The first kappa shape index (κ1) is 13.7. The molecule has 3 unspecified atom stereocenters. The largest absolute Gasteiger partial charge is 0.379 e. The van der Waals surface area contributed by atoms with Crippen LogP contribution in [0.15, 0.2) is 0 Å². The van der Waals surface area contributed by atoms with Gasteiger partial charge in [-0.25, -0.2) is 0 Å². The van der Waals surface area contributed by atoms with Gasteiger partial charge in [-0.05, 0) is 6.54 Å². The van der Waals surface area contributed by atoms with Gasteiger partial charge >= 0.3 is 0 Å². The van der Waals surface area contributed by atoms with E-state index in [1.165, 1.54) is 0 Å². The van der Waals surface area contributed by atoms with Crippen molar-refractivity contribution in [2.45, 2.75) is 19.1 Å². The molecular formula is C12H22N2O4. The van der Waals surface area contributed by atoms with E-state index in [-0.39, 0.29) is 24.0 Å². The second-order valence-corrected chi connectivity index (χ2v) is 4.62. The van der Waals surface area contributed by atoms with E-state index < -0.39 is 0 Å². The summed E-state index contributed by atoms with van der Waals surface area (Å²) >= 11 is 0. The Labute approximate surface area is 107 Å². The van der Waals surface area contributed by atoms with Crippen LogP contribution in [0.3, 0.4) is 0 Å². The van der Waals surface area contributed by atoms with Crippen molar-refractivity contribution in [3.8, 4) is 0 Å². The van der Waals surface area contributed by atoms with Crippen LogP contribution in [0.5, 0.6) is 0 Å². The lowest BCUT2D eigenvalue weighted by atomic mass is 10.0. The molecule has 2 fully saturated rings. The molecule has 2 N–H and O–H groups in total. The van der Waals surface area contributed by atoms with E-state index in [2.05, 4.69) is 10.6 Å². The average Bonchev–Trinajstić information content (AvgIpc) is 2.86. The summed E-state index contributed by atoms with van der Waals surface area (Å²) in [6, 6.07) is 0.124. The van der Waals surface area contributed by atoms with Crippen molar-refractivity contribution in [3.05, 3.63) is 0 Å². The van der Waals surface area contributed by atoms with Crippen LogP contribution in [-0.2, 0) is 19.0 Å². The highest BCUT2D eigenvalue weighted by Crippen LogP contribution is 2.13.